The number of ether oxygens (including phenoxy) is 1. The summed E-state index contributed by atoms with van der Waals surface area (Å²) in [5.74, 6) is 0. The van der Waals surface area contributed by atoms with Crippen LogP contribution in [0.1, 0.15) is 26.7 Å². The van der Waals surface area contributed by atoms with Crippen LogP contribution < -0.4 is 0 Å². The van der Waals surface area contributed by atoms with Gasteiger partial charge in [-0.3, -0.25) is 0 Å². The standard InChI is InChI=1S/C9H18O/c1-5-7-9(3,4)8-10-6-2/h1-2,5-8H2,3-4H3. The van der Waals surface area contributed by atoms with E-state index in [2.05, 4.69) is 27.7 Å². The van der Waals surface area contributed by atoms with Crippen LogP contribution >= 0.6 is 0 Å². The molecule has 0 aliphatic rings. The van der Waals surface area contributed by atoms with Crippen molar-refractivity contribution in [2.75, 3.05) is 13.2 Å². The second-order valence-electron chi connectivity index (χ2n) is 3.32. The Labute approximate surface area is 64.8 Å². The Morgan fingerprint density at radius 3 is 2.30 bits per heavy atom. The third-order valence-corrected chi connectivity index (χ3v) is 1.49. The van der Waals surface area contributed by atoms with Crippen LogP contribution in [0.5, 0.6) is 0 Å². The van der Waals surface area contributed by atoms with E-state index in [1.807, 2.05) is 0 Å². The van der Waals surface area contributed by atoms with Crippen LogP contribution in [0.3, 0.4) is 0 Å². The quantitative estimate of drug-likeness (QED) is 0.573. The molecule has 0 aromatic rings. The third kappa shape index (κ3) is 4.80. The fourth-order valence-electron chi connectivity index (χ4n) is 0.899. The second-order valence-corrected chi connectivity index (χ2v) is 3.32. The van der Waals surface area contributed by atoms with E-state index in [0.29, 0.717) is 6.61 Å². The Morgan fingerprint density at radius 1 is 1.30 bits per heavy atom. The van der Waals surface area contributed by atoms with Crippen LogP contribution in [-0.2, 0) is 4.74 Å². The van der Waals surface area contributed by atoms with E-state index in [0.717, 1.165) is 19.4 Å². The lowest BCUT2D eigenvalue weighted by Gasteiger charge is -2.22. The van der Waals surface area contributed by atoms with Crippen LogP contribution in [0.25, 0.3) is 0 Å². The molecule has 0 spiro atoms. The SMILES string of the molecule is [CH2]CCC(C)(C)COC[CH2]. The molecular weight excluding hydrogens is 124 g/mol. The topological polar surface area (TPSA) is 9.23 Å². The van der Waals surface area contributed by atoms with Crippen molar-refractivity contribution in [1.29, 1.82) is 0 Å². The molecular formula is C9H18O. The number of hydrogen-bond donors (Lipinski definition) is 0. The molecule has 0 amide bonds. The van der Waals surface area contributed by atoms with Crippen molar-refractivity contribution in [3.05, 3.63) is 13.8 Å². The van der Waals surface area contributed by atoms with Gasteiger partial charge >= 0.3 is 0 Å². The van der Waals surface area contributed by atoms with Crippen molar-refractivity contribution in [3.8, 4) is 0 Å². The van der Waals surface area contributed by atoms with E-state index in [1.165, 1.54) is 0 Å². The minimum absolute atomic E-state index is 0.277. The normalized spacial score (nSPS) is 12.0. The zero-order chi connectivity index (χ0) is 8.04. The number of hydrogen-bond acceptors (Lipinski definition) is 1. The highest BCUT2D eigenvalue weighted by Gasteiger charge is 2.15. The third-order valence-electron chi connectivity index (χ3n) is 1.49. The summed E-state index contributed by atoms with van der Waals surface area (Å²) in [6, 6.07) is 0. The maximum absolute atomic E-state index is 5.21. The largest absolute Gasteiger partial charge is 0.381 e. The maximum atomic E-state index is 5.21. The van der Waals surface area contributed by atoms with E-state index in [9.17, 15) is 0 Å². The molecule has 0 rings (SSSR count). The lowest BCUT2D eigenvalue weighted by molar-refractivity contribution is 0.0751. The van der Waals surface area contributed by atoms with Crippen molar-refractivity contribution >= 4 is 0 Å². The highest BCUT2D eigenvalue weighted by molar-refractivity contribution is 4.68. The molecule has 60 valence electrons. The summed E-state index contributed by atoms with van der Waals surface area (Å²) in [5.41, 5.74) is 0.277. The molecule has 0 unspecified atom stereocenters. The van der Waals surface area contributed by atoms with Crippen LogP contribution in [-0.4, -0.2) is 13.2 Å². The van der Waals surface area contributed by atoms with Gasteiger partial charge in [0.25, 0.3) is 0 Å². The molecule has 0 aliphatic carbocycles. The molecule has 0 saturated carbocycles. The van der Waals surface area contributed by atoms with Crippen molar-refractivity contribution in [3.63, 3.8) is 0 Å². The van der Waals surface area contributed by atoms with E-state index < -0.39 is 0 Å². The molecule has 0 fully saturated rings. The monoisotopic (exact) mass is 142 g/mol. The Morgan fingerprint density at radius 2 is 1.90 bits per heavy atom. The van der Waals surface area contributed by atoms with E-state index in [-0.39, 0.29) is 5.41 Å². The average Bonchev–Trinajstić information content (AvgIpc) is 1.84. The van der Waals surface area contributed by atoms with E-state index >= 15 is 0 Å². The number of rotatable bonds is 5. The van der Waals surface area contributed by atoms with Gasteiger partial charge in [0.05, 0.1) is 6.61 Å². The molecule has 10 heavy (non-hydrogen) atoms. The van der Waals surface area contributed by atoms with Gasteiger partial charge in [0.15, 0.2) is 0 Å². The van der Waals surface area contributed by atoms with E-state index in [4.69, 9.17) is 4.74 Å². The Kier molecular flexibility index (Phi) is 4.71. The first kappa shape index (κ1) is 9.96. The first-order valence-corrected chi connectivity index (χ1v) is 3.78. The summed E-state index contributed by atoms with van der Waals surface area (Å²) < 4.78 is 5.21. The molecule has 0 aromatic carbocycles. The van der Waals surface area contributed by atoms with Gasteiger partial charge < -0.3 is 4.74 Å². The van der Waals surface area contributed by atoms with Gasteiger partial charge in [-0.15, -0.1) is 0 Å². The van der Waals surface area contributed by atoms with Crippen molar-refractivity contribution in [2.24, 2.45) is 5.41 Å². The van der Waals surface area contributed by atoms with Crippen molar-refractivity contribution in [2.45, 2.75) is 26.7 Å². The smallest absolute Gasteiger partial charge is 0.0517 e. The fourth-order valence-corrected chi connectivity index (χ4v) is 0.899. The molecule has 0 bridgehead atoms. The lowest BCUT2D eigenvalue weighted by atomic mass is 9.89. The van der Waals surface area contributed by atoms with Gasteiger partial charge in [0, 0.05) is 6.61 Å². The minimum Gasteiger partial charge on any atom is -0.381 e. The van der Waals surface area contributed by atoms with Gasteiger partial charge in [-0.1, -0.05) is 27.2 Å². The Balaban J connectivity index is 3.42. The first-order valence-electron chi connectivity index (χ1n) is 3.78. The van der Waals surface area contributed by atoms with Gasteiger partial charge in [-0.05, 0) is 18.8 Å². The average molecular weight is 142 g/mol. The summed E-state index contributed by atoms with van der Waals surface area (Å²) in [6.45, 7) is 13.2. The Bertz CT molecular complexity index is 76.8. The maximum Gasteiger partial charge on any atom is 0.0517 e. The predicted octanol–water partition coefficient (Wildman–Crippen LogP) is 2.48. The van der Waals surface area contributed by atoms with Gasteiger partial charge in [0.1, 0.15) is 0 Å². The van der Waals surface area contributed by atoms with Gasteiger partial charge in [-0.25, -0.2) is 0 Å². The van der Waals surface area contributed by atoms with E-state index in [1.54, 1.807) is 0 Å². The minimum atomic E-state index is 0.277. The second kappa shape index (κ2) is 4.73. The Hall–Kier alpha value is -0.0400. The van der Waals surface area contributed by atoms with Gasteiger partial charge in [0.2, 0.25) is 0 Å². The molecule has 0 N–H and O–H groups in total. The zero-order valence-electron chi connectivity index (χ0n) is 7.15. The fraction of sp³-hybridized carbons (Fsp3) is 0.778. The van der Waals surface area contributed by atoms with Crippen LogP contribution in [0, 0.1) is 19.3 Å². The van der Waals surface area contributed by atoms with Crippen LogP contribution in [0.2, 0.25) is 0 Å². The molecule has 1 heteroatoms. The van der Waals surface area contributed by atoms with Crippen molar-refractivity contribution < 1.29 is 4.74 Å². The highest BCUT2D eigenvalue weighted by Crippen LogP contribution is 2.21. The lowest BCUT2D eigenvalue weighted by Crippen LogP contribution is -2.18. The summed E-state index contributed by atoms with van der Waals surface area (Å²) in [6.07, 6.45) is 2.10. The molecule has 0 saturated heterocycles. The summed E-state index contributed by atoms with van der Waals surface area (Å²) in [5, 5.41) is 0. The molecule has 0 aromatic heterocycles. The summed E-state index contributed by atoms with van der Waals surface area (Å²) in [7, 11) is 0. The predicted molar refractivity (Wildman–Crippen MR) is 44.5 cm³/mol. The van der Waals surface area contributed by atoms with Crippen molar-refractivity contribution in [1.82, 2.24) is 0 Å². The summed E-state index contributed by atoms with van der Waals surface area (Å²) in [4.78, 5) is 0. The van der Waals surface area contributed by atoms with Crippen LogP contribution in [0.15, 0.2) is 0 Å². The molecule has 0 aliphatic heterocycles. The first-order chi connectivity index (χ1) is 4.62. The zero-order valence-corrected chi connectivity index (χ0v) is 7.15. The van der Waals surface area contributed by atoms with Crippen LogP contribution in [0.4, 0.5) is 0 Å². The molecule has 0 heterocycles. The van der Waals surface area contributed by atoms with Gasteiger partial charge in [-0.2, -0.15) is 0 Å². The highest BCUT2D eigenvalue weighted by atomic mass is 16.5. The molecule has 0 atom stereocenters. The summed E-state index contributed by atoms with van der Waals surface area (Å²) >= 11 is 0. The molecule has 2 radical (unpaired) electrons. The molecule has 1 nitrogen and oxygen atoms in total.